The minimum absolute atomic E-state index is 0. The van der Waals surface area contributed by atoms with Crippen molar-refractivity contribution in [1.29, 1.82) is 0 Å². The van der Waals surface area contributed by atoms with Gasteiger partial charge in [-0.2, -0.15) is 0 Å². The smallest absolute Gasteiger partial charge is 0.287 e. The van der Waals surface area contributed by atoms with Crippen molar-refractivity contribution < 1.29 is 9.21 Å². The highest BCUT2D eigenvalue weighted by atomic mass is 79.9. The third-order valence-corrected chi connectivity index (χ3v) is 4.61. The van der Waals surface area contributed by atoms with Crippen molar-refractivity contribution in [3.63, 3.8) is 0 Å². The number of nitrogens with one attached hydrogen (secondary N) is 1. The van der Waals surface area contributed by atoms with Crippen LogP contribution in [0.5, 0.6) is 0 Å². The molecule has 0 unspecified atom stereocenters. The van der Waals surface area contributed by atoms with Crippen LogP contribution in [0.15, 0.2) is 27.1 Å². The van der Waals surface area contributed by atoms with Crippen LogP contribution in [-0.4, -0.2) is 18.0 Å². The van der Waals surface area contributed by atoms with Crippen LogP contribution in [0.2, 0.25) is 0 Å². The second-order valence-electron chi connectivity index (χ2n) is 5.45. The van der Waals surface area contributed by atoms with Crippen LogP contribution in [-0.2, 0) is 0 Å². The van der Waals surface area contributed by atoms with Crippen LogP contribution in [0.3, 0.4) is 0 Å². The average molecular weight is 390 g/mol. The van der Waals surface area contributed by atoms with Gasteiger partial charge in [0.05, 0.1) is 0 Å². The van der Waals surface area contributed by atoms with Crippen molar-refractivity contribution in [3.05, 3.63) is 34.0 Å². The van der Waals surface area contributed by atoms with Gasteiger partial charge in [0.1, 0.15) is 5.58 Å². The molecule has 3 N–H and O–H groups in total. The lowest BCUT2D eigenvalue weighted by Crippen LogP contribution is -2.49. The number of amides is 1. The summed E-state index contributed by atoms with van der Waals surface area (Å²) in [5, 5.41) is 3.83. The Kier molecular flexibility index (Phi) is 6.47. The average Bonchev–Trinajstić information content (AvgIpc) is 2.81. The van der Waals surface area contributed by atoms with Gasteiger partial charge in [-0.1, -0.05) is 29.8 Å². The molecule has 0 fully saturated rings. The summed E-state index contributed by atoms with van der Waals surface area (Å²) in [6, 6.07) is 5.71. The van der Waals surface area contributed by atoms with Crippen LogP contribution < -0.4 is 11.1 Å². The minimum Gasteiger partial charge on any atom is -0.451 e. The van der Waals surface area contributed by atoms with E-state index in [1.165, 1.54) is 0 Å². The highest BCUT2D eigenvalue weighted by Crippen LogP contribution is 2.28. The van der Waals surface area contributed by atoms with E-state index in [1.807, 2.05) is 39.0 Å². The maximum atomic E-state index is 12.3. The number of carbonyl (C=O) groups is 1. The molecule has 2 rings (SSSR count). The third-order valence-electron chi connectivity index (χ3n) is 4.11. The van der Waals surface area contributed by atoms with Gasteiger partial charge in [-0.25, -0.2) is 0 Å². The zero-order valence-corrected chi connectivity index (χ0v) is 15.4. The highest BCUT2D eigenvalue weighted by molar-refractivity contribution is 9.10. The Morgan fingerprint density at radius 3 is 2.59 bits per heavy atom. The van der Waals surface area contributed by atoms with Gasteiger partial charge in [-0.15, -0.1) is 12.4 Å². The van der Waals surface area contributed by atoms with E-state index in [0.717, 1.165) is 28.3 Å². The highest BCUT2D eigenvalue weighted by Gasteiger charge is 2.23. The molecule has 1 amide bonds. The van der Waals surface area contributed by atoms with Crippen molar-refractivity contribution in [2.24, 2.45) is 5.73 Å². The number of benzene rings is 1. The third kappa shape index (κ3) is 3.83. The second-order valence-corrected chi connectivity index (χ2v) is 6.36. The quantitative estimate of drug-likeness (QED) is 0.806. The van der Waals surface area contributed by atoms with Gasteiger partial charge in [0, 0.05) is 27.5 Å². The fraction of sp³-hybridized carbons (Fsp3) is 0.438. The van der Waals surface area contributed by atoms with Crippen molar-refractivity contribution in [2.75, 3.05) is 6.54 Å². The monoisotopic (exact) mass is 388 g/mol. The zero-order valence-electron chi connectivity index (χ0n) is 13.0. The van der Waals surface area contributed by atoms with Gasteiger partial charge in [0.2, 0.25) is 0 Å². The minimum atomic E-state index is -0.362. The first-order chi connectivity index (χ1) is 9.90. The van der Waals surface area contributed by atoms with E-state index >= 15 is 0 Å². The molecule has 0 aliphatic carbocycles. The van der Waals surface area contributed by atoms with Crippen LogP contribution >= 0.6 is 28.3 Å². The largest absolute Gasteiger partial charge is 0.451 e. The van der Waals surface area contributed by atoms with Crippen molar-refractivity contribution in [2.45, 2.75) is 39.2 Å². The van der Waals surface area contributed by atoms with E-state index in [0.29, 0.717) is 17.9 Å². The Bertz CT molecular complexity index is 665. The Balaban J connectivity index is 0.00000242. The van der Waals surface area contributed by atoms with Gasteiger partial charge in [-0.3, -0.25) is 4.79 Å². The lowest BCUT2D eigenvalue weighted by molar-refractivity contribution is 0.0915. The standard InChI is InChI=1S/C16H21BrN2O2.ClH/c1-4-16(18,5-2)9-19-15(20)14-10(3)12-8-11(17)6-7-13(12)21-14;/h6-8H,4-5,9,18H2,1-3H3,(H,19,20);1H. The second kappa shape index (κ2) is 7.49. The first-order valence-electron chi connectivity index (χ1n) is 7.16. The van der Waals surface area contributed by atoms with E-state index in [-0.39, 0.29) is 23.9 Å². The number of aryl methyl sites for hydroxylation is 1. The number of rotatable bonds is 5. The predicted octanol–water partition coefficient (Wildman–Crippen LogP) is 4.17. The van der Waals surface area contributed by atoms with Crippen LogP contribution in [0.4, 0.5) is 0 Å². The molecular formula is C16H22BrClN2O2. The molecular weight excluding hydrogens is 368 g/mol. The number of fused-ring (bicyclic) bond motifs is 1. The summed E-state index contributed by atoms with van der Waals surface area (Å²) in [6.45, 7) is 6.39. The van der Waals surface area contributed by atoms with Crippen molar-refractivity contribution >= 4 is 45.2 Å². The number of halogens is 2. The van der Waals surface area contributed by atoms with Gasteiger partial charge in [0.15, 0.2) is 5.76 Å². The zero-order chi connectivity index (χ0) is 15.6. The molecule has 122 valence electrons. The molecule has 0 radical (unpaired) electrons. The molecule has 1 aromatic carbocycles. The maximum absolute atomic E-state index is 12.3. The maximum Gasteiger partial charge on any atom is 0.287 e. The first-order valence-corrected chi connectivity index (χ1v) is 7.95. The van der Waals surface area contributed by atoms with E-state index < -0.39 is 0 Å². The van der Waals surface area contributed by atoms with Crippen molar-refractivity contribution in [3.8, 4) is 0 Å². The molecule has 1 heterocycles. The Hall–Kier alpha value is -1.04. The van der Waals surface area contributed by atoms with Crippen LogP contribution in [0, 0.1) is 6.92 Å². The summed E-state index contributed by atoms with van der Waals surface area (Å²) in [6.07, 6.45) is 1.63. The molecule has 1 aromatic heterocycles. The summed E-state index contributed by atoms with van der Waals surface area (Å²) in [7, 11) is 0. The van der Waals surface area contributed by atoms with Crippen LogP contribution in [0.25, 0.3) is 11.0 Å². The Morgan fingerprint density at radius 2 is 2.00 bits per heavy atom. The van der Waals surface area contributed by atoms with E-state index in [9.17, 15) is 4.79 Å². The van der Waals surface area contributed by atoms with E-state index in [1.54, 1.807) is 0 Å². The van der Waals surface area contributed by atoms with Crippen molar-refractivity contribution in [1.82, 2.24) is 5.32 Å². The van der Waals surface area contributed by atoms with Crippen LogP contribution in [0.1, 0.15) is 42.8 Å². The molecule has 6 heteroatoms. The summed E-state index contributed by atoms with van der Waals surface area (Å²) in [4.78, 5) is 12.3. The molecule has 2 aromatic rings. The molecule has 22 heavy (non-hydrogen) atoms. The van der Waals surface area contributed by atoms with Gasteiger partial charge in [0.25, 0.3) is 5.91 Å². The number of nitrogens with two attached hydrogens (primary N) is 1. The molecule has 0 bridgehead atoms. The molecule has 0 aliphatic heterocycles. The van der Waals surface area contributed by atoms with Gasteiger partial charge >= 0.3 is 0 Å². The number of carbonyl (C=O) groups excluding carboxylic acids is 1. The fourth-order valence-electron chi connectivity index (χ4n) is 2.25. The lowest BCUT2D eigenvalue weighted by atomic mass is 9.94. The summed E-state index contributed by atoms with van der Waals surface area (Å²) in [5.41, 5.74) is 7.40. The number of hydrogen-bond donors (Lipinski definition) is 2. The summed E-state index contributed by atoms with van der Waals surface area (Å²) >= 11 is 3.43. The first kappa shape index (κ1) is 19.0. The number of furan rings is 1. The molecule has 0 atom stereocenters. The molecule has 0 saturated carbocycles. The number of hydrogen-bond acceptors (Lipinski definition) is 3. The molecule has 0 aliphatic rings. The lowest BCUT2D eigenvalue weighted by Gasteiger charge is -2.26. The topological polar surface area (TPSA) is 68.3 Å². The predicted molar refractivity (Wildman–Crippen MR) is 95.7 cm³/mol. The van der Waals surface area contributed by atoms with E-state index in [2.05, 4.69) is 21.2 Å². The molecule has 0 saturated heterocycles. The Morgan fingerprint density at radius 1 is 1.36 bits per heavy atom. The molecule has 4 nitrogen and oxygen atoms in total. The van der Waals surface area contributed by atoms with Gasteiger partial charge < -0.3 is 15.5 Å². The van der Waals surface area contributed by atoms with Gasteiger partial charge in [-0.05, 0) is 38.0 Å². The Labute approximate surface area is 145 Å². The normalized spacial score (nSPS) is 11.3. The summed E-state index contributed by atoms with van der Waals surface area (Å²) in [5.74, 6) is 0.147. The SMILES string of the molecule is CCC(N)(CC)CNC(=O)c1oc2ccc(Br)cc2c1C.Cl. The van der Waals surface area contributed by atoms with E-state index in [4.69, 9.17) is 10.2 Å². The summed E-state index contributed by atoms with van der Waals surface area (Å²) < 4.78 is 6.64. The fourth-order valence-corrected chi connectivity index (χ4v) is 2.61. The molecule has 0 spiro atoms.